The van der Waals surface area contributed by atoms with Gasteiger partial charge in [-0.15, -0.1) is 0 Å². The molecule has 0 heterocycles. The molecule has 0 saturated heterocycles. The molecule has 0 aliphatic carbocycles. The Morgan fingerprint density at radius 3 is 2.47 bits per heavy atom. The Kier molecular flexibility index (Phi) is 7.01. The SMILES string of the molecule is C=C(C)C(=O)OCCN(C)CCNS(C)(=O)=O. The number of hydrogen-bond acceptors (Lipinski definition) is 5. The maximum absolute atomic E-state index is 11.0. The lowest BCUT2D eigenvalue weighted by atomic mass is 10.4. The van der Waals surface area contributed by atoms with Gasteiger partial charge in [-0.2, -0.15) is 0 Å². The highest BCUT2D eigenvalue weighted by Gasteiger charge is 2.05. The highest BCUT2D eigenvalue weighted by Crippen LogP contribution is 1.92. The Morgan fingerprint density at radius 1 is 1.41 bits per heavy atom. The summed E-state index contributed by atoms with van der Waals surface area (Å²) in [5.41, 5.74) is 0.367. The number of nitrogens with one attached hydrogen (secondary N) is 1. The van der Waals surface area contributed by atoms with Crippen LogP contribution in [0, 0.1) is 0 Å². The number of rotatable bonds is 8. The normalized spacial score (nSPS) is 11.5. The van der Waals surface area contributed by atoms with E-state index in [0.717, 1.165) is 6.26 Å². The number of esters is 1. The zero-order valence-corrected chi connectivity index (χ0v) is 11.3. The minimum Gasteiger partial charge on any atom is -0.461 e. The molecular weight excluding hydrogens is 244 g/mol. The van der Waals surface area contributed by atoms with Crippen LogP contribution in [0.2, 0.25) is 0 Å². The molecule has 1 N–H and O–H groups in total. The summed E-state index contributed by atoms with van der Waals surface area (Å²) >= 11 is 0. The first-order chi connectivity index (χ1) is 7.72. The van der Waals surface area contributed by atoms with Crippen molar-refractivity contribution in [1.29, 1.82) is 0 Å². The fraction of sp³-hybridized carbons (Fsp3) is 0.700. The summed E-state index contributed by atoms with van der Waals surface area (Å²) in [7, 11) is -1.32. The molecule has 7 heteroatoms. The average molecular weight is 264 g/mol. The molecule has 6 nitrogen and oxygen atoms in total. The van der Waals surface area contributed by atoms with Gasteiger partial charge in [-0.1, -0.05) is 6.58 Å². The van der Waals surface area contributed by atoms with E-state index in [-0.39, 0.29) is 6.61 Å². The maximum atomic E-state index is 11.0. The predicted molar refractivity (Wildman–Crippen MR) is 66.1 cm³/mol. The van der Waals surface area contributed by atoms with Gasteiger partial charge in [0.25, 0.3) is 0 Å². The van der Waals surface area contributed by atoms with Crippen molar-refractivity contribution in [2.45, 2.75) is 6.92 Å². The first-order valence-electron chi connectivity index (χ1n) is 5.18. The molecule has 0 rings (SSSR count). The Labute approximate surface area is 103 Å². The molecule has 17 heavy (non-hydrogen) atoms. The van der Waals surface area contributed by atoms with Crippen molar-refractivity contribution in [3.8, 4) is 0 Å². The predicted octanol–water partition coefficient (Wildman–Crippen LogP) is -0.413. The fourth-order valence-electron chi connectivity index (χ4n) is 0.951. The van der Waals surface area contributed by atoms with Crippen molar-refractivity contribution in [1.82, 2.24) is 9.62 Å². The van der Waals surface area contributed by atoms with E-state index in [1.54, 1.807) is 6.92 Å². The third-order valence-corrected chi connectivity index (χ3v) is 2.64. The van der Waals surface area contributed by atoms with Crippen LogP contribution in [0.4, 0.5) is 0 Å². The number of likely N-dealkylation sites (N-methyl/N-ethyl adjacent to an activating group) is 1. The monoisotopic (exact) mass is 264 g/mol. The lowest BCUT2D eigenvalue weighted by molar-refractivity contribution is -0.139. The second kappa shape index (κ2) is 7.41. The summed E-state index contributed by atoms with van der Waals surface area (Å²) in [5.74, 6) is -0.410. The Hall–Kier alpha value is -0.920. The van der Waals surface area contributed by atoms with Crippen LogP contribution < -0.4 is 4.72 Å². The maximum Gasteiger partial charge on any atom is 0.333 e. The molecule has 0 unspecified atom stereocenters. The minimum atomic E-state index is -3.14. The van der Waals surface area contributed by atoms with E-state index in [0.29, 0.717) is 25.2 Å². The zero-order chi connectivity index (χ0) is 13.5. The average Bonchev–Trinajstić information content (AvgIpc) is 2.15. The number of carbonyl (C=O) groups excluding carboxylic acids is 1. The molecule has 0 saturated carbocycles. The largest absolute Gasteiger partial charge is 0.461 e. The molecule has 0 aliphatic rings. The van der Waals surface area contributed by atoms with Crippen molar-refractivity contribution in [3.05, 3.63) is 12.2 Å². The molecule has 0 radical (unpaired) electrons. The summed E-state index contributed by atoms with van der Waals surface area (Å²) in [6, 6.07) is 0. The quantitative estimate of drug-likeness (QED) is 0.476. The number of carbonyl (C=O) groups is 1. The van der Waals surface area contributed by atoms with Gasteiger partial charge in [0.1, 0.15) is 6.61 Å². The van der Waals surface area contributed by atoms with Gasteiger partial charge in [-0.25, -0.2) is 17.9 Å². The number of nitrogens with zero attached hydrogens (tertiary/aromatic N) is 1. The van der Waals surface area contributed by atoms with E-state index in [9.17, 15) is 13.2 Å². The summed E-state index contributed by atoms with van der Waals surface area (Å²) < 4.78 is 28.8. The first-order valence-corrected chi connectivity index (χ1v) is 7.07. The Morgan fingerprint density at radius 2 is 2.00 bits per heavy atom. The highest BCUT2D eigenvalue weighted by molar-refractivity contribution is 7.88. The van der Waals surface area contributed by atoms with Gasteiger partial charge in [0.15, 0.2) is 0 Å². The highest BCUT2D eigenvalue weighted by atomic mass is 32.2. The molecule has 0 amide bonds. The van der Waals surface area contributed by atoms with Crippen LogP contribution in [0.1, 0.15) is 6.92 Å². The third kappa shape index (κ3) is 9.98. The lowest BCUT2D eigenvalue weighted by Gasteiger charge is -2.16. The van der Waals surface area contributed by atoms with Gasteiger partial charge in [-0.3, -0.25) is 0 Å². The zero-order valence-electron chi connectivity index (χ0n) is 10.5. The molecule has 0 aromatic rings. The van der Waals surface area contributed by atoms with Crippen LogP contribution in [0.3, 0.4) is 0 Å². The topological polar surface area (TPSA) is 75.7 Å². The molecule has 0 aromatic heterocycles. The van der Waals surface area contributed by atoms with Crippen LogP contribution in [0.25, 0.3) is 0 Å². The molecule has 0 aromatic carbocycles. The van der Waals surface area contributed by atoms with Crippen molar-refractivity contribution in [2.75, 3.05) is 39.5 Å². The van der Waals surface area contributed by atoms with Gasteiger partial charge >= 0.3 is 5.97 Å². The van der Waals surface area contributed by atoms with E-state index in [1.807, 2.05) is 11.9 Å². The first kappa shape index (κ1) is 16.1. The molecule has 100 valence electrons. The molecule has 0 aliphatic heterocycles. The molecule has 0 bridgehead atoms. The van der Waals surface area contributed by atoms with Crippen molar-refractivity contribution >= 4 is 16.0 Å². The Bertz CT molecular complexity index is 365. The van der Waals surface area contributed by atoms with Crippen LogP contribution >= 0.6 is 0 Å². The molecule has 0 atom stereocenters. The third-order valence-electron chi connectivity index (χ3n) is 1.91. The number of hydrogen-bond donors (Lipinski definition) is 1. The molecule has 0 fully saturated rings. The van der Waals surface area contributed by atoms with E-state index < -0.39 is 16.0 Å². The van der Waals surface area contributed by atoms with Crippen LogP contribution in [-0.2, 0) is 19.6 Å². The van der Waals surface area contributed by atoms with Crippen LogP contribution in [0.15, 0.2) is 12.2 Å². The van der Waals surface area contributed by atoms with Gasteiger partial charge in [0.2, 0.25) is 10.0 Å². The second-order valence-corrected chi connectivity index (χ2v) is 5.72. The van der Waals surface area contributed by atoms with E-state index in [2.05, 4.69) is 11.3 Å². The van der Waals surface area contributed by atoms with E-state index in [4.69, 9.17) is 4.74 Å². The van der Waals surface area contributed by atoms with Crippen molar-refractivity contribution < 1.29 is 17.9 Å². The smallest absolute Gasteiger partial charge is 0.333 e. The Balaban J connectivity index is 3.64. The number of sulfonamides is 1. The van der Waals surface area contributed by atoms with Gasteiger partial charge in [0, 0.05) is 25.2 Å². The minimum absolute atomic E-state index is 0.265. The number of ether oxygens (including phenoxy) is 1. The summed E-state index contributed by atoms with van der Waals surface area (Å²) in [5, 5.41) is 0. The van der Waals surface area contributed by atoms with Crippen molar-refractivity contribution in [2.24, 2.45) is 0 Å². The van der Waals surface area contributed by atoms with Crippen LogP contribution in [-0.4, -0.2) is 58.8 Å². The van der Waals surface area contributed by atoms with E-state index >= 15 is 0 Å². The lowest BCUT2D eigenvalue weighted by Crippen LogP contribution is -2.34. The summed E-state index contributed by atoms with van der Waals surface area (Å²) in [6.07, 6.45) is 1.11. The molecule has 0 spiro atoms. The van der Waals surface area contributed by atoms with Crippen LogP contribution in [0.5, 0.6) is 0 Å². The van der Waals surface area contributed by atoms with Gasteiger partial charge < -0.3 is 9.64 Å². The fourth-order valence-corrected chi connectivity index (χ4v) is 1.41. The summed E-state index contributed by atoms with van der Waals surface area (Å²) in [6.45, 7) is 6.75. The van der Waals surface area contributed by atoms with Gasteiger partial charge in [0.05, 0.1) is 6.26 Å². The van der Waals surface area contributed by atoms with E-state index in [1.165, 1.54) is 0 Å². The second-order valence-electron chi connectivity index (χ2n) is 3.89. The summed E-state index contributed by atoms with van der Waals surface area (Å²) in [4.78, 5) is 12.9. The standard InChI is InChI=1S/C10H20N2O4S/c1-9(2)10(13)16-8-7-12(3)6-5-11-17(4,14)15/h11H,1,5-8H2,2-4H3. The van der Waals surface area contributed by atoms with Gasteiger partial charge in [-0.05, 0) is 14.0 Å². The molecular formula is C10H20N2O4S. The van der Waals surface area contributed by atoms with Crippen molar-refractivity contribution in [3.63, 3.8) is 0 Å².